The second-order valence-corrected chi connectivity index (χ2v) is 6.26. The Balaban J connectivity index is 0.00000144. The second-order valence-electron chi connectivity index (χ2n) is 6.26. The molecule has 0 radical (unpaired) electrons. The summed E-state index contributed by atoms with van der Waals surface area (Å²) >= 11 is 0. The predicted octanol–water partition coefficient (Wildman–Crippen LogP) is 4.76. The minimum atomic E-state index is 0. The Bertz CT molecular complexity index is 195. The van der Waals surface area contributed by atoms with Crippen molar-refractivity contribution >= 4 is 0 Å². The Morgan fingerprint density at radius 2 is 1.38 bits per heavy atom. The summed E-state index contributed by atoms with van der Waals surface area (Å²) in [5, 5.41) is 0. The summed E-state index contributed by atoms with van der Waals surface area (Å²) in [6.45, 7) is 3.42. The molecule has 0 heterocycles. The lowest BCUT2D eigenvalue weighted by atomic mass is 9.69. The normalized spacial score (nSPS) is 40.9. The molecule has 0 aromatic heterocycles. The smallest absolute Gasteiger partial charge is 0.0490 e. The molecule has 2 fully saturated rings. The van der Waals surface area contributed by atoms with Crippen molar-refractivity contribution < 1.29 is 7.59 Å². The van der Waals surface area contributed by atoms with Crippen molar-refractivity contribution in [2.45, 2.75) is 58.3 Å². The second kappa shape index (κ2) is 6.05. The molecular formula is C15H32O. The van der Waals surface area contributed by atoms with Crippen molar-refractivity contribution in [3.05, 3.63) is 0 Å². The predicted molar refractivity (Wildman–Crippen MR) is 72.7 cm³/mol. The molecule has 0 spiro atoms. The third-order valence-corrected chi connectivity index (χ3v) is 5.02. The quantitative estimate of drug-likeness (QED) is 0.677. The van der Waals surface area contributed by atoms with Gasteiger partial charge in [-0.1, -0.05) is 19.8 Å². The van der Waals surface area contributed by atoms with Crippen LogP contribution >= 0.6 is 0 Å². The minimum Gasteiger partial charge on any atom is -0.384 e. The summed E-state index contributed by atoms with van der Waals surface area (Å²) in [5.74, 6) is 3.99. The summed E-state index contributed by atoms with van der Waals surface area (Å²) in [6, 6.07) is 0. The van der Waals surface area contributed by atoms with Gasteiger partial charge < -0.3 is 4.74 Å². The molecule has 0 N–H and O–H groups in total. The van der Waals surface area contributed by atoms with Gasteiger partial charge >= 0.3 is 0 Å². The van der Waals surface area contributed by atoms with Gasteiger partial charge in [0.15, 0.2) is 0 Å². The van der Waals surface area contributed by atoms with Gasteiger partial charge in [0.2, 0.25) is 0 Å². The molecule has 2 aliphatic rings. The Hall–Kier alpha value is -0.0400. The van der Waals surface area contributed by atoms with Crippen LogP contribution in [0, 0.1) is 23.7 Å². The highest BCUT2D eigenvalue weighted by molar-refractivity contribution is 4.81. The summed E-state index contributed by atoms with van der Waals surface area (Å²) in [4.78, 5) is 0. The molecule has 98 valence electrons. The van der Waals surface area contributed by atoms with Crippen molar-refractivity contribution in [3.8, 4) is 0 Å². The molecule has 0 atom stereocenters. The van der Waals surface area contributed by atoms with Gasteiger partial charge in [0.25, 0.3) is 0 Å². The van der Waals surface area contributed by atoms with E-state index in [1.165, 1.54) is 51.4 Å². The van der Waals surface area contributed by atoms with Gasteiger partial charge in [-0.15, -0.1) is 0 Å². The third-order valence-electron chi connectivity index (χ3n) is 5.02. The van der Waals surface area contributed by atoms with Crippen molar-refractivity contribution in [2.24, 2.45) is 23.7 Å². The van der Waals surface area contributed by atoms with Crippen molar-refractivity contribution in [3.63, 3.8) is 0 Å². The van der Waals surface area contributed by atoms with Crippen LogP contribution in [-0.4, -0.2) is 13.7 Å². The molecule has 16 heavy (non-hydrogen) atoms. The first kappa shape index (κ1) is 12.4. The van der Waals surface area contributed by atoms with E-state index in [1.54, 1.807) is 0 Å². The van der Waals surface area contributed by atoms with Gasteiger partial charge in [-0.25, -0.2) is 0 Å². The molecule has 2 aliphatic carbocycles. The van der Waals surface area contributed by atoms with Crippen LogP contribution in [0.15, 0.2) is 0 Å². The average Bonchev–Trinajstić information content (AvgIpc) is 2.32. The Morgan fingerprint density at radius 1 is 0.875 bits per heavy atom. The van der Waals surface area contributed by atoms with Crippen LogP contribution in [0.1, 0.15) is 61.1 Å². The number of rotatable bonds is 3. The summed E-state index contributed by atoms with van der Waals surface area (Å²) < 4.78 is 5.28. The fraction of sp³-hybridized carbons (Fsp3) is 1.00. The molecule has 0 unspecified atom stereocenters. The topological polar surface area (TPSA) is 9.23 Å². The van der Waals surface area contributed by atoms with E-state index in [2.05, 4.69) is 6.92 Å². The monoisotopic (exact) mass is 228 g/mol. The number of hydrogen-bond acceptors (Lipinski definition) is 1. The molecule has 0 aromatic rings. The van der Waals surface area contributed by atoms with Crippen molar-refractivity contribution in [1.29, 1.82) is 0 Å². The Kier molecular flexibility index (Phi) is 4.69. The van der Waals surface area contributed by atoms with E-state index >= 15 is 0 Å². The summed E-state index contributed by atoms with van der Waals surface area (Å²) in [7, 11) is 1.84. The van der Waals surface area contributed by atoms with E-state index in [-0.39, 0.29) is 2.85 Å². The van der Waals surface area contributed by atoms with Gasteiger partial charge in [0.1, 0.15) is 0 Å². The SMILES string of the molecule is COCC1CCC(C2CCC(C)CC2)CC1.[HH].[HH]. The van der Waals surface area contributed by atoms with Crippen LogP contribution in [0.3, 0.4) is 0 Å². The van der Waals surface area contributed by atoms with Gasteiger partial charge in [-0.05, 0) is 62.2 Å². The third kappa shape index (κ3) is 3.23. The van der Waals surface area contributed by atoms with Crippen LogP contribution in [-0.2, 0) is 4.74 Å². The van der Waals surface area contributed by atoms with Crippen LogP contribution < -0.4 is 0 Å². The van der Waals surface area contributed by atoms with E-state index in [0.717, 1.165) is 30.3 Å². The van der Waals surface area contributed by atoms with Crippen molar-refractivity contribution in [2.75, 3.05) is 13.7 Å². The molecule has 0 aliphatic heterocycles. The van der Waals surface area contributed by atoms with Gasteiger partial charge in [-0.3, -0.25) is 0 Å². The van der Waals surface area contributed by atoms with Crippen LogP contribution in [0.5, 0.6) is 0 Å². The maximum Gasteiger partial charge on any atom is 0.0490 e. The highest BCUT2D eigenvalue weighted by Crippen LogP contribution is 2.41. The van der Waals surface area contributed by atoms with E-state index in [4.69, 9.17) is 4.74 Å². The number of hydrogen-bond donors (Lipinski definition) is 0. The standard InChI is InChI=1S/C15H28O.2H2/c1-12-3-7-14(8-4-12)15-9-5-13(6-10-15)11-16-2;;/h12-15H,3-11H2,1-2H3;2*1H. The maximum absolute atomic E-state index is 5.28. The zero-order valence-corrected chi connectivity index (χ0v) is 11.1. The Morgan fingerprint density at radius 3 is 1.88 bits per heavy atom. The van der Waals surface area contributed by atoms with Crippen molar-refractivity contribution in [1.82, 2.24) is 0 Å². The van der Waals surface area contributed by atoms with Gasteiger partial charge in [0, 0.05) is 16.6 Å². The first-order chi connectivity index (χ1) is 7.79. The zero-order chi connectivity index (χ0) is 11.4. The summed E-state index contributed by atoms with van der Waals surface area (Å²) in [6.07, 6.45) is 11.8. The van der Waals surface area contributed by atoms with Gasteiger partial charge in [0.05, 0.1) is 0 Å². The summed E-state index contributed by atoms with van der Waals surface area (Å²) in [5.41, 5.74) is 0. The average molecular weight is 228 g/mol. The molecule has 1 heteroatoms. The van der Waals surface area contributed by atoms with E-state index in [0.29, 0.717) is 0 Å². The largest absolute Gasteiger partial charge is 0.384 e. The molecule has 0 bridgehead atoms. The fourth-order valence-electron chi connectivity index (χ4n) is 3.82. The van der Waals surface area contributed by atoms with Crippen LogP contribution in [0.25, 0.3) is 0 Å². The van der Waals surface area contributed by atoms with E-state index in [1.807, 2.05) is 7.11 Å². The molecular weight excluding hydrogens is 196 g/mol. The van der Waals surface area contributed by atoms with Crippen LogP contribution in [0.4, 0.5) is 0 Å². The Labute approximate surface area is 104 Å². The molecule has 0 amide bonds. The van der Waals surface area contributed by atoms with Crippen LogP contribution in [0.2, 0.25) is 0 Å². The minimum absolute atomic E-state index is 0. The first-order valence-corrected chi connectivity index (χ1v) is 7.28. The molecule has 0 saturated heterocycles. The first-order valence-electron chi connectivity index (χ1n) is 7.28. The molecule has 2 saturated carbocycles. The number of methoxy groups -OCH3 is 1. The van der Waals surface area contributed by atoms with E-state index < -0.39 is 0 Å². The lowest BCUT2D eigenvalue weighted by Crippen LogP contribution is -2.26. The zero-order valence-electron chi connectivity index (χ0n) is 11.1. The molecule has 2 rings (SSSR count). The highest BCUT2D eigenvalue weighted by Gasteiger charge is 2.29. The molecule has 0 aromatic carbocycles. The fourth-order valence-corrected chi connectivity index (χ4v) is 3.82. The highest BCUT2D eigenvalue weighted by atomic mass is 16.5. The number of ether oxygens (including phenoxy) is 1. The maximum atomic E-state index is 5.28. The lowest BCUT2D eigenvalue weighted by Gasteiger charge is -2.37. The lowest BCUT2D eigenvalue weighted by molar-refractivity contribution is 0.0944. The molecule has 1 nitrogen and oxygen atoms in total. The van der Waals surface area contributed by atoms with E-state index in [9.17, 15) is 0 Å². The van der Waals surface area contributed by atoms with Gasteiger partial charge in [-0.2, -0.15) is 0 Å².